The molecule has 2 N–H and O–H groups in total. The van der Waals surface area contributed by atoms with Crippen molar-refractivity contribution < 1.29 is 9.47 Å². The molecule has 1 atom stereocenters. The number of ether oxygens (including phenoxy) is 2. The summed E-state index contributed by atoms with van der Waals surface area (Å²) in [5.74, 6) is 2.28. The third kappa shape index (κ3) is 5.69. The summed E-state index contributed by atoms with van der Waals surface area (Å²) < 4.78 is 13.5. The van der Waals surface area contributed by atoms with Gasteiger partial charge in [0.05, 0.1) is 24.9 Å². The van der Waals surface area contributed by atoms with Crippen LogP contribution in [0.2, 0.25) is 0 Å². The van der Waals surface area contributed by atoms with E-state index in [9.17, 15) is 0 Å². The van der Waals surface area contributed by atoms with E-state index in [1.807, 2.05) is 38.2 Å². The quantitative estimate of drug-likeness (QED) is 0.403. The molecule has 0 bridgehead atoms. The van der Waals surface area contributed by atoms with Gasteiger partial charge >= 0.3 is 0 Å². The van der Waals surface area contributed by atoms with Crippen molar-refractivity contribution in [3.8, 4) is 11.5 Å². The number of aliphatic imine (C=N–C) groups is 1. The highest BCUT2D eigenvalue weighted by molar-refractivity contribution is 5.80. The SMILES string of the molecule is CCOc1ccc(C(C)NC(=NC)NCCc2cn3cccc(C)c3n2)cc1OCC. The van der Waals surface area contributed by atoms with Crippen molar-refractivity contribution in [1.82, 2.24) is 20.0 Å². The van der Waals surface area contributed by atoms with Crippen LogP contribution in [0.25, 0.3) is 5.65 Å². The fourth-order valence-corrected chi connectivity index (χ4v) is 3.45. The zero-order valence-corrected chi connectivity index (χ0v) is 19.1. The zero-order valence-electron chi connectivity index (χ0n) is 19.1. The van der Waals surface area contributed by atoms with Gasteiger partial charge in [0.1, 0.15) is 5.65 Å². The average molecular weight is 424 g/mol. The molecule has 3 rings (SSSR count). The number of aromatic nitrogens is 2. The van der Waals surface area contributed by atoms with E-state index in [1.165, 1.54) is 5.56 Å². The van der Waals surface area contributed by atoms with Crippen LogP contribution in [0.1, 0.15) is 43.6 Å². The maximum atomic E-state index is 5.75. The molecule has 7 nitrogen and oxygen atoms in total. The van der Waals surface area contributed by atoms with Crippen LogP contribution in [0.3, 0.4) is 0 Å². The second-order valence-corrected chi connectivity index (χ2v) is 7.34. The Balaban J connectivity index is 1.58. The number of hydrogen-bond acceptors (Lipinski definition) is 4. The number of aryl methyl sites for hydroxylation is 1. The zero-order chi connectivity index (χ0) is 22.2. The summed E-state index contributed by atoms with van der Waals surface area (Å²) in [5.41, 5.74) is 4.34. The van der Waals surface area contributed by atoms with Gasteiger partial charge in [-0.3, -0.25) is 4.99 Å². The molecule has 0 radical (unpaired) electrons. The molecule has 31 heavy (non-hydrogen) atoms. The Hall–Kier alpha value is -3.22. The molecule has 7 heteroatoms. The maximum Gasteiger partial charge on any atom is 0.191 e. The van der Waals surface area contributed by atoms with Gasteiger partial charge in [-0.15, -0.1) is 0 Å². The van der Waals surface area contributed by atoms with E-state index in [2.05, 4.69) is 52.2 Å². The highest BCUT2D eigenvalue weighted by atomic mass is 16.5. The van der Waals surface area contributed by atoms with Crippen molar-refractivity contribution in [2.24, 2.45) is 4.99 Å². The van der Waals surface area contributed by atoms with E-state index in [-0.39, 0.29) is 6.04 Å². The molecule has 1 aromatic carbocycles. The summed E-state index contributed by atoms with van der Waals surface area (Å²) >= 11 is 0. The van der Waals surface area contributed by atoms with Gasteiger partial charge in [-0.25, -0.2) is 4.98 Å². The van der Waals surface area contributed by atoms with E-state index in [0.717, 1.165) is 47.3 Å². The van der Waals surface area contributed by atoms with Crippen LogP contribution in [0.4, 0.5) is 0 Å². The van der Waals surface area contributed by atoms with Crippen LogP contribution in [-0.4, -0.2) is 42.2 Å². The van der Waals surface area contributed by atoms with Gasteiger partial charge in [-0.1, -0.05) is 12.1 Å². The Labute approximate surface area is 184 Å². The minimum Gasteiger partial charge on any atom is -0.490 e. The van der Waals surface area contributed by atoms with Gasteiger partial charge in [0.15, 0.2) is 17.5 Å². The van der Waals surface area contributed by atoms with Crippen LogP contribution in [-0.2, 0) is 6.42 Å². The molecule has 0 aliphatic heterocycles. The van der Waals surface area contributed by atoms with E-state index in [1.54, 1.807) is 7.05 Å². The van der Waals surface area contributed by atoms with Gasteiger partial charge in [0.25, 0.3) is 0 Å². The number of rotatable bonds is 9. The average Bonchev–Trinajstić information content (AvgIpc) is 3.19. The Kier molecular flexibility index (Phi) is 7.76. The summed E-state index contributed by atoms with van der Waals surface area (Å²) in [6.07, 6.45) is 4.92. The Morgan fingerprint density at radius 1 is 1.16 bits per heavy atom. The molecule has 1 unspecified atom stereocenters. The lowest BCUT2D eigenvalue weighted by Crippen LogP contribution is -2.39. The molecule has 0 aliphatic rings. The first-order chi connectivity index (χ1) is 15.0. The largest absolute Gasteiger partial charge is 0.490 e. The number of fused-ring (bicyclic) bond motifs is 1. The second kappa shape index (κ2) is 10.7. The monoisotopic (exact) mass is 423 g/mol. The standard InChI is InChI=1S/C24H33N5O2/c1-6-30-21-11-10-19(15-22(21)31-7-2)18(4)27-24(25-5)26-13-12-20-16-29-14-8-9-17(3)23(29)28-20/h8-11,14-16,18H,6-7,12-13H2,1-5H3,(H2,25,26,27). The third-order valence-electron chi connectivity index (χ3n) is 5.05. The van der Waals surface area contributed by atoms with Crippen LogP contribution in [0.15, 0.2) is 47.7 Å². The summed E-state index contributed by atoms with van der Waals surface area (Å²) in [6, 6.07) is 10.2. The first-order valence-electron chi connectivity index (χ1n) is 10.9. The van der Waals surface area contributed by atoms with Crippen molar-refractivity contribution in [1.29, 1.82) is 0 Å². The van der Waals surface area contributed by atoms with Gasteiger partial charge in [-0.2, -0.15) is 0 Å². The van der Waals surface area contributed by atoms with Crippen LogP contribution < -0.4 is 20.1 Å². The van der Waals surface area contributed by atoms with E-state index in [0.29, 0.717) is 13.2 Å². The van der Waals surface area contributed by atoms with Crippen molar-refractivity contribution in [3.63, 3.8) is 0 Å². The Morgan fingerprint density at radius 3 is 2.65 bits per heavy atom. The lowest BCUT2D eigenvalue weighted by atomic mass is 10.1. The summed E-state index contributed by atoms with van der Waals surface area (Å²) in [4.78, 5) is 9.09. The molecule has 2 aromatic heterocycles. The first-order valence-corrected chi connectivity index (χ1v) is 10.9. The summed E-state index contributed by atoms with van der Waals surface area (Å²) in [7, 11) is 1.78. The van der Waals surface area contributed by atoms with Gasteiger partial charge in [0.2, 0.25) is 0 Å². The predicted octanol–water partition coefficient (Wildman–Crippen LogP) is 3.91. The predicted molar refractivity (Wildman–Crippen MR) is 125 cm³/mol. The molecule has 3 aromatic rings. The molecular formula is C24H33N5O2. The molecule has 166 valence electrons. The van der Waals surface area contributed by atoms with Gasteiger partial charge in [0, 0.05) is 32.4 Å². The lowest BCUT2D eigenvalue weighted by molar-refractivity contribution is 0.287. The summed E-state index contributed by atoms with van der Waals surface area (Å²) in [6.45, 7) is 10.1. The van der Waals surface area contributed by atoms with Gasteiger partial charge < -0.3 is 24.5 Å². The molecule has 0 amide bonds. The molecule has 0 fully saturated rings. The minimum atomic E-state index is 0.0546. The van der Waals surface area contributed by atoms with Gasteiger partial charge in [-0.05, 0) is 57.0 Å². The minimum absolute atomic E-state index is 0.0546. The topological polar surface area (TPSA) is 72.2 Å². The van der Waals surface area contributed by atoms with Crippen molar-refractivity contribution in [2.45, 2.75) is 40.2 Å². The van der Waals surface area contributed by atoms with Crippen LogP contribution >= 0.6 is 0 Å². The normalized spacial score (nSPS) is 12.6. The Morgan fingerprint density at radius 2 is 1.94 bits per heavy atom. The maximum absolute atomic E-state index is 5.75. The van der Waals surface area contributed by atoms with Crippen LogP contribution in [0, 0.1) is 6.92 Å². The Bertz CT molecular complexity index is 1030. The number of imidazole rings is 1. The fraction of sp³-hybridized carbons (Fsp3) is 0.417. The van der Waals surface area contributed by atoms with Crippen molar-refractivity contribution >= 4 is 11.6 Å². The fourth-order valence-electron chi connectivity index (χ4n) is 3.45. The van der Waals surface area contributed by atoms with Crippen LogP contribution in [0.5, 0.6) is 11.5 Å². The first kappa shape index (κ1) is 22.5. The summed E-state index contributed by atoms with van der Waals surface area (Å²) in [5, 5.41) is 6.83. The third-order valence-corrected chi connectivity index (χ3v) is 5.05. The lowest BCUT2D eigenvalue weighted by Gasteiger charge is -2.20. The number of benzene rings is 1. The molecule has 0 saturated heterocycles. The molecule has 0 saturated carbocycles. The number of pyridine rings is 1. The highest BCUT2D eigenvalue weighted by Gasteiger charge is 2.12. The molecule has 2 heterocycles. The van der Waals surface area contributed by atoms with E-state index >= 15 is 0 Å². The smallest absolute Gasteiger partial charge is 0.191 e. The molecule has 0 aliphatic carbocycles. The second-order valence-electron chi connectivity index (χ2n) is 7.34. The number of hydrogen-bond donors (Lipinski definition) is 2. The number of nitrogens with zero attached hydrogens (tertiary/aromatic N) is 3. The van der Waals surface area contributed by atoms with Crippen molar-refractivity contribution in [2.75, 3.05) is 26.8 Å². The highest BCUT2D eigenvalue weighted by Crippen LogP contribution is 2.30. The molecule has 0 spiro atoms. The van der Waals surface area contributed by atoms with E-state index in [4.69, 9.17) is 14.5 Å². The van der Waals surface area contributed by atoms with E-state index < -0.39 is 0 Å². The number of nitrogens with one attached hydrogen (secondary N) is 2. The number of guanidine groups is 1. The van der Waals surface area contributed by atoms with Crippen molar-refractivity contribution in [3.05, 3.63) is 59.5 Å². The molecular weight excluding hydrogens is 390 g/mol.